The molecular formula is C20H25N3O4S. The number of thioether (sulfide) groups is 1. The van der Waals surface area contributed by atoms with E-state index in [1.54, 1.807) is 24.5 Å². The Morgan fingerprint density at radius 2 is 1.96 bits per heavy atom. The van der Waals surface area contributed by atoms with Crippen LogP contribution in [0.1, 0.15) is 18.7 Å². The van der Waals surface area contributed by atoms with Gasteiger partial charge < -0.3 is 19.8 Å². The number of nitrogens with zero attached hydrogens (tertiary/aromatic N) is 1. The molecule has 8 heteroatoms. The first-order chi connectivity index (χ1) is 13.7. The van der Waals surface area contributed by atoms with E-state index in [0.717, 1.165) is 30.4 Å². The third kappa shape index (κ3) is 5.30. The highest BCUT2D eigenvalue weighted by Crippen LogP contribution is 2.25. The van der Waals surface area contributed by atoms with Gasteiger partial charge in [0.1, 0.15) is 11.5 Å². The maximum atomic E-state index is 12.4. The number of rotatable bonds is 7. The number of nitrogens with one attached hydrogen (secondary N) is 2. The second-order valence-electron chi connectivity index (χ2n) is 6.27. The summed E-state index contributed by atoms with van der Waals surface area (Å²) >= 11 is 1.91. The monoisotopic (exact) mass is 403 g/mol. The summed E-state index contributed by atoms with van der Waals surface area (Å²) in [6, 6.07) is 10.7. The third-order valence-electron chi connectivity index (χ3n) is 4.46. The van der Waals surface area contributed by atoms with Gasteiger partial charge in [0, 0.05) is 31.1 Å². The molecule has 28 heavy (non-hydrogen) atoms. The molecule has 2 heterocycles. The fourth-order valence-electron chi connectivity index (χ4n) is 3.08. The van der Waals surface area contributed by atoms with Crippen molar-refractivity contribution in [3.8, 4) is 5.75 Å². The number of furan rings is 1. The highest BCUT2D eigenvalue weighted by atomic mass is 32.2. The van der Waals surface area contributed by atoms with Gasteiger partial charge in [-0.25, -0.2) is 0 Å². The largest absolute Gasteiger partial charge is 0.492 e. The van der Waals surface area contributed by atoms with Crippen LogP contribution in [0.2, 0.25) is 0 Å². The molecule has 3 rings (SSSR count). The van der Waals surface area contributed by atoms with Crippen LogP contribution in [0.4, 0.5) is 5.69 Å². The Bertz CT molecular complexity index is 776. The van der Waals surface area contributed by atoms with Crippen LogP contribution in [0.5, 0.6) is 5.75 Å². The van der Waals surface area contributed by atoms with E-state index in [0.29, 0.717) is 24.6 Å². The van der Waals surface area contributed by atoms with Crippen molar-refractivity contribution in [2.75, 3.05) is 43.1 Å². The number of hydrogen-bond donors (Lipinski definition) is 2. The van der Waals surface area contributed by atoms with Gasteiger partial charge in [-0.2, -0.15) is 11.8 Å². The van der Waals surface area contributed by atoms with Crippen molar-refractivity contribution in [2.45, 2.75) is 13.0 Å². The normalized spacial score (nSPS) is 15.6. The average molecular weight is 404 g/mol. The average Bonchev–Trinajstić information content (AvgIpc) is 3.25. The van der Waals surface area contributed by atoms with Crippen molar-refractivity contribution in [3.63, 3.8) is 0 Å². The van der Waals surface area contributed by atoms with Gasteiger partial charge in [-0.1, -0.05) is 12.1 Å². The number of ether oxygens (including phenoxy) is 1. The quantitative estimate of drug-likeness (QED) is 0.691. The van der Waals surface area contributed by atoms with E-state index in [1.165, 1.54) is 0 Å². The second kappa shape index (κ2) is 10.2. The summed E-state index contributed by atoms with van der Waals surface area (Å²) in [4.78, 5) is 27.0. The Morgan fingerprint density at radius 3 is 2.68 bits per heavy atom. The van der Waals surface area contributed by atoms with Crippen molar-refractivity contribution in [1.29, 1.82) is 0 Å². The molecule has 1 aliphatic heterocycles. The zero-order valence-electron chi connectivity index (χ0n) is 15.8. The molecule has 0 spiro atoms. The van der Waals surface area contributed by atoms with E-state index >= 15 is 0 Å². The molecular weight excluding hydrogens is 378 g/mol. The minimum atomic E-state index is -0.723. The highest BCUT2D eigenvalue weighted by molar-refractivity contribution is 7.99. The van der Waals surface area contributed by atoms with E-state index in [4.69, 9.17) is 9.15 Å². The first kappa shape index (κ1) is 20.3. The zero-order chi connectivity index (χ0) is 19.8. The summed E-state index contributed by atoms with van der Waals surface area (Å²) < 4.78 is 11.0. The van der Waals surface area contributed by atoms with Crippen LogP contribution in [0.3, 0.4) is 0 Å². The van der Waals surface area contributed by atoms with Crippen LogP contribution in [0, 0.1) is 0 Å². The molecule has 1 fully saturated rings. The molecule has 150 valence electrons. The first-order valence-corrected chi connectivity index (χ1v) is 10.5. The maximum absolute atomic E-state index is 12.4. The predicted molar refractivity (Wildman–Crippen MR) is 110 cm³/mol. The minimum absolute atomic E-state index is 0.0941. The van der Waals surface area contributed by atoms with E-state index < -0.39 is 11.8 Å². The number of carbonyl (C=O) groups excluding carboxylic acids is 2. The molecule has 2 aromatic rings. The number of benzene rings is 1. The van der Waals surface area contributed by atoms with Gasteiger partial charge in [0.25, 0.3) is 0 Å². The predicted octanol–water partition coefficient (Wildman–Crippen LogP) is 2.52. The van der Waals surface area contributed by atoms with Gasteiger partial charge in [0.15, 0.2) is 0 Å². The van der Waals surface area contributed by atoms with Crippen molar-refractivity contribution in [2.24, 2.45) is 0 Å². The lowest BCUT2D eigenvalue weighted by atomic mass is 10.2. The molecule has 0 unspecified atom stereocenters. The summed E-state index contributed by atoms with van der Waals surface area (Å²) in [5.74, 6) is 1.99. The Labute approximate surface area is 168 Å². The number of hydrogen-bond acceptors (Lipinski definition) is 6. The first-order valence-electron chi connectivity index (χ1n) is 9.35. The molecule has 1 aliphatic rings. The van der Waals surface area contributed by atoms with Crippen molar-refractivity contribution < 1.29 is 18.7 Å². The lowest BCUT2D eigenvalue weighted by Gasteiger charge is -2.33. The summed E-state index contributed by atoms with van der Waals surface area (Å²) in [7, 11) is 0. The molecule has 1 aromatic heterocycles. The van der Waals surface area contributed by atoms with Crippen LogP contribution < -0.4 is 15.4 Å². The van der Waals surface area contributed by atoms with Gasteiger partial charge >= 0.3 is 11.8 Å². The molecule has 1 atom stereocenters. The Morgan fingerprint density at radius 1 is 1.18 bits per heavy atom. The Kier molecular flexibility index (Phi) is 7.39. The summed E-state index contributed by atoms with van der Waals surface area (Å²) in [6.45, 7) is 4.47. The van der Waals surface area contributed by atoms with E-state index in [-0.39, 0.29) is 6.04 Å². The van der Waals surface area contributed by atoms with Crippen LogP contribution in [0.25, 0.3) is 0 Å². The van der Waals surface area contributed by atoms with Crippen LogP contribution in [0.15, 0.2) is 47.1 Å². The molecule has 0 aliphatic carbocycles. The van der Waals surface area contributed by atoms with E-state index in [2.05, 4.69) is 15.5 Å². The van der Waals surface area contributed by atoms with E-state index in [9.17, 15) is 9.59 Å². The van der Waals surface area contributed by atoms with E-state index in [1.807, 2.05) is 36.9 Å². The standard InChI is InChI=1S/C20H25N3O4S/c1-2-26-17-7-4-3-6-15(17)22-20(25)19(24)21-14-16(18-8-5-11-27-18)23-9-12-28-13-10-23/h3-8,11,16H,2,9-10,12-14H2,1H3,(H,21,24)(H,22,25)/t16-/m0/s1. The summed E-state index contributed by atoms with van der Waals surface area (Å²) in [5.41, 5.74) is 0.472. The third-order valence-corrected chi connectivity index (χ3v) is 5.40. The molecule has 7 nitrogen and oxygen atoms in total. The van der Waals surface area contributed by atoms with Crippen molar-refractivity contribution in [3.05, 3.63) is 48.4 Å². The van der Waals surface area contributed by atoms with Crippen molar-refractivity contribution in [1.82, 2.24) is 10.2 Å². The smallest absolute Gasteiger partial charge is 0.313 e. The van der Waals surface area contributed by atoms with Gasteiger partial charge in [-0.15, -0.1) is 0 Å². The lowest BCUT2D eigenvalue weighted by Crippen LogP contribution is -2.44. The number of carbonyl (C=O) groups is 2. The van der Waals surface area contributed by atoms with Crippen LogP contribution in [-0.2, 0) is 9.59 Å². The minimum Gasteiger partial charge on any atom is -0.492 e. The molecule has 2 amide bonds. The molecule has 0 bridgehead atoms. The summed E-state index contributed by atoms with van der Waals surface area (Å²) in [5, 5.41) is 5.36. The van der Waals surface area contributed by atoms with Crippen molar-refractivity contribution >= 4 is 29.3 Å². The summed E-state index contributed by atoms with van der Waals surface area (Å²) in [6.07, 6.45) is 1.63. The maximum Gasteiger partial charge on any atom is 0.313 e. The van der Waals surface area contributed by atoms with Gasteiger partial charge in [-0.3, -0.25) is 14.5 Å². The molecule has 0 saturated carbocycles. The zero-order valence-corrected chi connectivity index (χ0v) is 16.7. The molecule has 1 saturated heterocycles. The highest BCUT2D eigenvalue weighted by Gasteiger charge is 2.26. The van der Waals surface area contributed by atoms with Crippen LogP contribution >= 0.6 is 11.8 Å². The molecule has 1 aromatic carbocycles. The fraction of sp³-hybridized carbons (Fsp3) is 0.400. The number of para-hydroxylation sites is 2. The van der Waals surface area contributed by atoms with Gasteiger partial charge in [-0.05, 0) is 31.2 Å². The lowest BCUT2D eigenvalue weighted by molar-refractivity contribution is -0.136. The molecule has 2 N–H and O–H groups in total. The topological polar surface area (TPSA) is 83.8 Å². The second-order valence-corrected chi connectivity index (χ2v) is 7.50. The van der Waals surface area contributed by atoms with Gasteiger partial charge in [0.05, 0.1) is 24.6 Å². The SMILES string of the molecule is CCOc1ccccc1NC(=O)C(=O)NC[C@@H](c1ccco1)N1CCSCC1. The number of anilines is 1. The fourth-order valence-corrected chi connectivity index (χ4v) is 4.01. The van der Waals surface area contributed by atoms with Gasteiger partial charge in [0.2, 0.25) is 0 Å². The van der Waals surface area contributed by atoms with Crippen LogP contribution in [-0.4, -0.2) is 54.5 Å². The Hall–Kier alpha value is -2.45. The number of amides is 2. The Balaban J connectivity index is 1.60. The molecule has 0 radical (unpaired) electrons.